The molecule has 178 valence electrons. The number of aliphatic carboxylic acids is 1. The molecule has 0 bridgehead atoms. The van der Waals surface area contributed by atoms with Crippen LogP contribution in [0.15, 0.2) is 12.5 Å². The highest BCUT2D eigenvalue weighted by Crippen LogP contribution is 2.08. The highest BCUT2D eigenvalue weighted by molar-refractivity contribution is 5.96. The van der Waals surface area contributed by atoms with E-state index in [2.05, 4.69) is 25.9 Å². The van der Waals surface area contributed by atoms with E-state index in [1.165, 1.54) is 19.4 Å². The van der Waals surface area contributed by atoms with Gasteiger partial charge in [-0.05, 0) is 12.8 Å². The van der Waals surface area contributed by atoms with Crippen LogP contribution in [0, 0.1) is 5.92 Å². The molecule has 0 radical (unpaired) electrons. The first-order valence-corrected chi connectivity index (χ1v) is 10.1. The van der Waals surface area contributed by atoms with E-state index in [0.717, 1.165) is 0 Å². The lowest BCUT2D eigenvalue weighted by molar-refractivity contribution is -0.143. The Morgan fingerprint density at radius 1 is 1.09 bits per heavy atom. The molecule has 0 saturated carbocycles. The van der Waals surface area contributed by atoms with E-state index >= 15 is 0 Å². The number of amides is 4. The Morgan fingerprint density at radius 3 is 2.25 bits per heavy atom. The Bertz CT molecular complexity index is 813. The number of carbonyl (C=O) groups excluding carboxylic acids is 4. The van der Waals surface area contributed by atoms with Crippen LogP contribution in [0.2, 0.25) is 0 Å². The normalized spacial score (nSPS) is 15.5. The third kappa shape index (κ3) is 8.34. The summed E-state index contributed by atoms with van der Waals surface area (Å²) in [6.45, 7) is 4.80. The number of hydrogen-bond donors (Lipinski definition) is 7. The van der Waals surface area contributed by atoms with Crippen LogP contribution in [0.4, 0.5) is 0 Å². The fourth-order valence-electron chi connectivity index (χ4n) is 2.76. The highest BCUT2D eigenvalue weighted by atomic mass is 16.4. The molecule has 0 aliphatic heterocycles. The van der Waals surface area contributed by atoms with Crippen molar-refractivity contribution in [1.29, 1.82) is 0 Å². The van der Waals surface area contributed by atoms with Gasteiger partial charge in [-0.25, -0.2) is 9.78 Å². The molecule has 1 aromatic heterocycles. The van der Waals surface area contributed by atoms with Gasteiger partial charge in [0.2, 0.25) is 23.6 Å². The number of primary amides is 1. The number of H-pyrrole nitrogens is 1. The van der Waals surface area contributed by atoms with Gasteiger partial charge >= 0.3 is 5.97 Å². The van der Waals surface area contributed by atoms with Gasteiger partial charge in [-0.2, -0.15) is 0 Å². The molecule has 0 aliphatic rings. The molecule has 1 rings (SSSR count). The fourth-order valence-corrected chi connectivity index (χ4v) is 2.76. The quantitative estimate of drug-likeness (QED) is 0.172. The maximum Gasteiger partial charge on any atom is 0.326 e. The van der Waals surface area contributed by atoms with E-state index in [1.807, 2.05) is 0 Å². The molecule has 0 saturated heterocycles. The van der Waals surface area contributed by atoms with Crippen molar-refractivity contribution in [3.8, 4) is 0 Å². The molecule has 1 aromatic rings. The van der Waals surface area contributed by atoms with E-state index in [0.29, 0.717) is 12.1 Å². The van der Waals surface area contributed by atoms with Crippen LogP contribution in [-0.2, 0) is 30.4 Å². The second kappa shape index (κ2) is 12.4. The summed E-state index contributed by atoms with van der Waals surface area (Å²) in [6, 6.07) is -4.67. The van der Waals surface area contributed by atoms with Gasteiger partial charge in [0.25, 0.3) is 0 Å². The third-order valence-corrected chi connectivity index (χ3v) is 4.90. The number of aromatic nitrogens is 2. The average molecular weight is 454 g/mol. The number of nitrogens with one attached hydrogen (secondary N) is 4. The predicted octanol–water partition coefficient (Wildman–Crippen LogP) is -2.24. The van der Waals surface area contributed by atoms with E-state index in [9.17, 15) is 29.1 Å². The van der Waals surface area contributed by atoms with Gasteiger partial charge in [-0.3, -0.25) is 19.2 Å². The van der Waals surface area contributed by atoms with Crippen LogP contribution < -0.4 is 27.4 Å². The van der Waals surface area contributed by atoms with Gasteiger partial charge in [0.1, 0.15) is 18.1 Å². The SMILES string of the molecule is CCC(C)C(NC(=O)C(C)NC(=O)C(CC(N)=O)NC(=O)C(N)Cc1cnc[nH]1)C(=O)O. The maximum absolute atomic E-state index is 12.6. The number of rotatable bonds is 13. The fraction of sp³-hybridized carbons (Fsp3) is 0.579. The lowest BCUT2D eigenvalue weighted by Crippen LogP contribution is -2.57. The second-order valence-corrected chi connectivity index (χ2v) is 7.56. The van der Waals surface area contributed by atoms with Crippen molar-refractivity contribution in [2.24, 2.45) is 17.4 Å². The molecule has 4 amide bonds. The number of carbonyl (C=O) groups is 5. The third-order valence-electron chi connectivity index (χ3n) is 4.90. The molecule has 9 N–H and O–H groups in total. The number of nitrogens with zero attached hydrogens (tertiary/aromatic N) is 1. The maximum atomic E-state index is 12.6. The van der Waals surface area contributed by atoms with Crippen molar-refractivity contribution in [3.63, 3.8) is 0 Å². The smallest absolute Gasteiger partial charge is 0.326 e. The zero-order chi connectivity index (χ0) is 24.4. The van der Waals surface area contributed by atoms with Crippen LogP contribution in [-0.4, -0.2) is 68.8 Å². The Hall–Kier alpha value is -3.48. The molecule has 32 heavy (non-hydrogen) atoms. The first-order valence-electron chi connectivity index (χ1n) is 10.1. The van der Waals surface area contributed by atoms with Crippen LogP contribution in [0.5, 0.6) is 0 Å². The summed E-state index contributed by atoms with van der Waals surface area (Å²) >= 11 is 0. The van der Waals surface area contributed by atoms with Crippen LogP contribution >= 0.6 is 0 Å². The molecule has 5 unspecified atom stereocenters. The Kier molecular flexibility index (Phi) is 10.3. The minimum atomic E-state index is -1.37. The number of nitrogens with two attached hydrogens (primary N) is 2. The van der Waals surface area contributed by atoms with Crippen molar-refractivity contribution in [2.45, 2.75) is 64.2 Å². The number of aromatic amines is 1. The zero-order valence-corrected chi connectivity index (χ0v) is 18.3. The lowest BCUT2D eigenvalue weighted by atomic mass is 9.99. The Labute approximate surface area is 185 Å². The van der Waals surface area contributed by atoms with Crippen molar-refractivity contribution >= 4 is 29.6 Å². The first kappa shape index (κ1) is 26.6. The van der Waals surface area contributed by atoms with Crippen molar-refractivity contribution < 1.29 is 29.1 Å². The van der Waals surface area contributed by atoms with Gasteiger partial charge in [0.15, 0.2) is 0 Å². The summed E-state index contributed by atoms with van der Waals surface area (Å²) < 4.78 is 0. The summed E-state index contributed by atoms with van der Waals surface area (Å²) in [5.74, 6) is -4.67. The summed E-state index contributed by atoms with van der Waals surface area (Å²) in [4.78, 5) is 66.7. The predicted molar refractivity (Wildman–Crippen MR) is 113 cm³/mol. The van der Waals surface area contributed by atoms with Crippen LogP contribution in [0.25, 0.3) is 0 Å². The topological polar surface area (TPSA) is 222 Å². The van der Waals surface area contributed by atoms with Crippen molar-refractivity contribution in [1.82, 2.24) is 25.9 Å². The van der Waals surface area contributed by atoms with Crippen LogP contribution in [0.1, 0.15) is 39.3 Å². The summed E-state index contributed by atoms with van der Waals surface area (Å²) in [6.07, 6.45) is 3.02. The Morgan fingerprint density at radius 2 is 1.75 bits per heavy atom. The Balaban J connectivity index is 2.77. The largest absolute Gasteiger partial charge is 0.480 e. The summed E-state index contributed by atoms with van der Waals surface area (Å²) in [5.41, 5.74) is 11.6. The average Bonchev–Trinajstić information content (AvgIpc) is 3.22. The number of carboxylic acids is 1. The van der Waals surface area contributed by atoms with E-state index in [1.54, 1.807) is 13.8 Å². The molecule has 0 spiro atoms. The zero-order valence-electron chi connectivity index (χ0n) is 18.3. The van der Waals surface area contributed by atoms with Crippen molar-refractivity contribution in [2.75, 3.05) is 0 Å². The molecule has 0 aromatic carbocycles. The number of carboxylic acid groups (broad SMARTS) is 1. The van der Waals surface area contributed by atoms with Crippen LogP contribution in [0.3, 0.4) is 0 Å². The molecule has 5 atom stereocenters. The molecular formula is C19H31N7O6. The molecular weight excluding hydrogens is 422 g/mol. The number of hydrogen-bond acceptors (Lipinski definition) is 7. The van der Waals surface area contributed by atoms with E-state index < -0.39 is 60.2 Å². The minimum absolute atomic E-state index is 0.113. The molecule has 13 heteroatoms. The van der Waals surface area contributed by atoms with Gasteiger partial charge in [0, 0.05) is 18.3 Å². The highest BCUT2D eigenvalue weighted by Gasteiger charge is 2.30. The van der Waals surface area contributed by atoms with Gasteiger partial charge in [-0.15, -0.1) is 0 Å². The summed E-state index contributed by atoms with van der Waals surface area (Å²) in [5, 5.41) is 16.4. The van der Waals surface area contributed by atoms with Crippen molar-refractivity contribution in [3.05, 3.63) is 18.2 Å². The summed E-state index contributed by atoms with van der Waals surface area (Å²) in [7, 11) is 0. The van der Waals surface area contributed by atoms with Gasteiger partial charge < -0.3 is 37.5 Å². The molecule has 0 aliphatic carbocycles. The minimum Gasteiger partial charge on any atom is -0.480 e. The molecule has 0 fully saturated rings. The second-order valence-electron chi connectivity index (χ2n) is 7.56. The van der Waals surface area contributed by atoms with Gasteiger partial charge in [0.05, 0.1) is 18.8 Å². The van der Waals surface area contributed by atoms with E-state index in [4.69, 9.17) is 11.5 Å². The first-order chi connectivity index (χ1) is 15.0. The van der Waals surface area contributed by atoms with Gasteiger partial charge in [-0.1, -0.05) is 20.3 Å². The number of imidazole rings is 1. The molecule has 13 nitrogen and oxygen atoms in total. The monoisotopic (exact) mass is 453 g/mol. The molecule has 1 heterocycles. The lowest BCUT2D eigenvalue weighted by Gasteiger charge is -2.24. The van der Waals surface area contributed by atoms with E-state index in [-0.39, 0.29) is 12.3 Å². The standard InChI is InChI=1S/C19H31N7O6/c1-4-9(2)15(19(31)32)26-16(28)10(3)24-18(30)13(6-14(21)27)25-17(29)12(20)5-11-7-22-8-23-11/h7-10,12-13,15H,4-6,20H2,1-3H3,(H2,21,27)(H,22,23)(H,24,30)(H,25,29)(H,26,28)(H,31,32).